The number of phenolic OH excluding ortho intramolecular Hbond substituents is 1. The summed E-state index contributed by atoms with van der Waals surface area (Å²) in [6, 6.07) is 6.00. The van der Waals surface area contributed by atoms with Crippen LogP contribution in [0.25, 0.3) is 0 Å². The fourth-order valence-corrected chi connectivity index (χ4v) is 1.99. The Kier molecular flexibility index (Phi) is 4.29. The number of rotatable bonds is 3. The van der Waals surface area contributed by atoms with Crippen LogP contribution in [-0.4, -0.2) is 59.6 Å². The summed E-state index contributed by atoms with van der Waals surface area (Å²) < 4.78 is 5.28. The third-order valence-corrected chi connectivity index (χ3v) is 3.16. The molecule has 1 aromatic carbocycles. The highest BCUT2D eigenvalue weighted by atomic mass is 16.5. The highest BCUT2D eigenvalue weighted by Gasteiger charge is 2.23. The van der Waals surface area contributed by atoms with E-state index >= 15 is 0 Å². The SMILES string of the molecule is NC(=O)N1CCN(C(=O)COc2ccccc2O)CC1. The molecule has 0 spiro atoms. The Morgan fingerprint density at radius 1 is 1.15 bits per heavy atom. The molecule has 2 rings (SSSR count). The van der Waals surface area contributed by atoms with Crippen molar-refractivity contribution in [3.05, 3.63) is 24.3 Å². The molecular weight excluding hydrogens is 262 g/mol. The standard InChI is InChI=1S/C13H17N3O4/c14-13(19)16-7-5-15(6-8-16)12(18)9-20-11-4-2-1-3-10(11)17/h1-4,17H,5-9H2,(H2,14,19). The number of nitrogens with two attached hydrogens (primary N) is 1. The van der Waals surface area contributed by atoms with Gasteiger partial charge in [0.2, 0.25) is 0 Å². The lowest BCUT2D eigenvalue weighted by Crippen LogP contribution is -2.52. The van der Waals surface area contributed by atoms with E-state index in [0.29, 0.717) is 26.2 Å². The molecule has 1 fully saturated rings. The highest BCUT2D eigenvalue weighted by Crippen LogP contribution is 2.24. The minimum atomic E-state index is -0.470. The van der Waals surface area contributed by atoms with Crippen LogP contribution in [0.5, 0.6) is 11.5 Å². The van der Waals surface area contributed by atoms with Crippen molar-refractivity contribution in [1.82, 2.24) is 9.80 Å². The van der Waals surface area contributed by atoms with Crippen molar-refractivity contribution in [3.63, 3.8) is 0 Å². The minimum Gasteiger partial charge on any atom is -0.504 e. The summed E-state index contributed by atoms with van der Waals surface area (Å²) in [6.45, 7) is 1.58. The van der Waals surface area contributed by atoms with Crippen LogP contribution < -0.4 is 10.5 Å². The number of para-hydroxylation sites is 2. The summed E-state index contributed by atoms with van der Waals surface area (Å²) in [5, 5.41) is 9.52. The van der Waals surface area contributed by atoms with Gasteiger partial charge in [-0.2, -0.15) is 0 Å². The maximum absolute atomic E-state index is 11.9. The molecule has 3 amide bonds. The van der Waals surface area contributed by atoms with Gasteiger partial charge in [0.25, 0.3) is 5.91 Å². The Bertz CT molecular complexity index is 498. The molecule has 1 aromatic rings. The maximum Gasteiger partial charge on any atom is 0.314 e. The van der Waals surface area contributed by atoms with E-state index in [4.69, 9.17) is 10.5 Å². The van der Waals surface area contributed by atoms with Crippen molar-refractivity contribution in [3.8, 4) is 11.5 Å². The molecule has 0 unspecified atom stereocenters. The summed E-state index contributed by atoms with van der Waals surface area (Å²) in [5.41, 5.74) is 5.17. The normalized spacial score (nSPS) is 15.0. The third-order valence-electron chi connectivity index (χ3n) is 3.16. The van der Waals surface area contributed by atoms with E-state index in [1.54, 1.807) is 23.1 Å². The molecule has 20 heavy (non-hydrogen) atoms. The average Bonchev–Trinajstić information content (AvgIpc) is 2.46. The van der Waals surface area contributed by atoms with Crippen molar-refractivity contribution in [2.45, 2.75) is 0 Å². The van der Waals surface area contributed by atoms with Gasteiger partial charge in [-0.25, -0.2) is 4.79 Å². The number of carbonyl (C=O) groups is 2. The van der Waals surface area contributed by atoms with Gasteiger partial charge in [0.1, 0.15) is 0 Å². The predicted molar refractivity (Wildman–Crippen MR) is 71.3 cm³/mol. The van der Waals surface area contributed by atoms with Gasteiger partial charge in [-0.05, 0) is 12.1 Å². The number of phenols is 1. The van der Waals surface area contributed by atoms with Crippen LogP contribution in [-0.2, 0) is 4.79 Å². The first-order chi connectivity index (χ1) is 9.58. The number of ether oxygens (including phenoxy) is 1. The maximum atomic E-state index is 11.9. The van der Waals surface area contributed by atoms with E-state index in [1.165, 1.54) is 11.0 Å². The van der Waals surface area contributed by atoms with Crippen LogP contribution in [0, 0.1) is 0 Å². The second-order valence-electron chi connectivity index (χ2n) is 4.46. The van der Waals surface area contributed by atoms with Crippen molar-refractivity contribution < 1.29 is 19.4 Å². The van der Waals surface area contributed by atoms with Crippen molar-refractivity contribution >= 4 is 11.9 Å². The molecular formula is C13H17N3O4. The lowest BCUT2D eigenvalue weighted by Gasteiger charge is -2.33. The smallest absolute Gasteiger partial charge is 0.314 e. The van der Waals surface area contributed by atoms with Crippen molar-refractivity contribution in [2.75, 3.05) is 32.8 Å². The molecule has 0 aromatic heterocycles. The minimum absolute atomic E-state index is 0.00107. The zero-order chi connectivity index (χ0) is 14.5. The van der Waals surface area contributed by atoms with Gasteiger partial charge in [0, 0.05) is 26.2 Å². The van der Waals surface area contributed by atoms with Gasteiger partial charge in [0.15, 0.2) is 18.1 Å². The number of aromatic hydroxyl groups is 1. The van der Waals surface area contributed by atoms with Crippen LogP contribution in [0.3, 0.4) is 0 Å². The van der Waals surface area contributed by atoms with Gasteiger partial charge in [-0.15, -0.1) is 0 Å². The number of carbonyl (C=O) groups excluding carboxylic acids is 2. The molecule has 7 nitrogen and oxygen atoms in total. The Hall–Kier alpha value is -2.44. The summed E-state index contributed by atoms with van der Waals surface area (Å²) >= 11 is 0. The number of nitrogens with zero attached hydrogens (tertiary/aromatic N) is 2. The molecule has 0 bridgehead atoms. The Morgan fingerprint density at radius 2 is 1.75 bits per heavy atom. The fraction of sp³-hybridized carbons (Fsp3) is 0.385. The van der Waals surface area contributed by atoms with E-state index in [9.17, 15) is 14.7 Å². The highest BCUT2D eigenvalue weighted by molar-refractivity contribution is 5.78. The summed E-state index contributed by atoms with van der Waals surface area (Å²) in [5.74, 6) is 0.0906. The van der Waals surface area contributed by atoms with Gasteiger partial charge in [-0.1, -0.05) is 12.1 Å². The molecule has 3 N–H and O–H groups in total. The number of piperazine rings is 1. The van der Waals surface area contributed by atoms with E-state index in [2.05, 4.69) is 0 Å². The van der Waals surface area contributed by atoms with E-state index in [-0.39, 0.29) is 24.0 Å². The van der Waals surface area contributed by atoms with Crippen molar-refractivity contribution in [2.24, 2.45) is 5.73 Å². The molecule has 0 saturated carbocycles. The van der Waals surface area contributed by atoms with E-state index in [0.717, 1.165) is 0 Å². The number of urea groups is 1. The molecule has 1 aliphatic rings. The topological polar surface area (TPSA) is 96.1 Å². The lowest BCUT2D eigenvalue weighted by atomic mass is 10.3. The second-order valence-corrected chi connectivity index (χ2v) is 4.46. The number of amides is 3. The molecule has 1 aliphatic heterocycles. The Labute approximate surface area is 116 Å². The van der Waals surface area contributed by atoms with Gasteiger partial charge in [0.05, 0.1) is 0 Å². The number of hydrogen-bond donors (Lipinski definition) is 2. The predicted octanol–water partition coefficient (Wildman–Crippen LogP) is -0.00610. The summed E-state index contributed by atoms with van der Waals surface area (Å²) in [4.78, 5) is 26.0. The second kappa shape index (κ2) is 6.14. The van der Waals surface area contributed by atoms with Crippen molar-refractivity contribution in [1.29, 1.82) is 0 Å². The van der Waals surface area contributed by atoms with Crippen LogP contribution in [0.15, 0.2) is 24.3 Å². The third kappa shape index (κ3) is 3.31. The van der Waals surface area contributed by atoms with Crippen LogP contribution in [0.2, 0.25) is 0 Å². The molecule has 108 valence electrons. The van der Waals surface area contributed by atoms with Gasteiger partial charge >= 0.3 is 6.03 Å². The van der Waals surface area contributed by atoms with Crippen LogP contribution >= 0.6 is 0 Å². The van der Waals surface area contributed by atoms with Crippen LogP contribution in [0.4, 0.5) is 4.79 Å². The van der Waals surface area contributed by atoms with E-state index < -0.39 is 6.03 Å². The Morgan fingerprint density at radius 3 is 2.35 bits per heavy atom. The van der Waals surface area contributed by atoms with E-state index in [1.807, 2.05) is 0 Å². The lowest BCUT2D eigenvalue weighted by molar-refractivity contribution is -0.134. The average molecular weight is 279 g/mol. The zero-order valence-electron chi connectivity index (χ0n) is 11.0. The van der Waals surface area contributed by atoms with Crippen LogP contribution in [0.1, 0.15) is 0 Å². The number of primary amides is 1. The molecule has 7 heteroatoms. The molecule has 0 atom stereocenters. The number of hydrogen-bond acceptors (Lipinski definition) is 4. The molecule has 1 heterocycles. The largest absolute Gasteiger partial charge is 0.504 e. The summed E-state index contributed by atoms with van der Waals surface area (Å²) in [7, 11) is 0. The first kappa shape index (κ1) is 14.0. The molecule has 0 radical (unpaired) electrons. The monoisotopic (exact) mass is 279 g/mol. The first-order valence-corrected chi connectivity index (χ1v) is 6.31. The fourth-order valence-electron chi connectivity index (χ4n) is 1.99. The first-order valence-electron chi connectivity index (χ1n) is 6.31. The molecule has 1 saturated heterocycles. The Balaban J connectivity index is 1.82. The number of benzene rings is 1. The summed E-state index contributed by atoms with van der Waals surface area (Å²) in [6.07, 6.45) is 0. The quantitative estimate of drug-likeness (QED) is 0.813. The zero-order valence-corrected chi connectivity index (χ0v) is 11.0. The van der Waals surface area contributed by atoms with Gasteiger partial charge in [-0.3, -0.25) is 4.79 Å². The van der Waals surface area contributed by atoms with Gasteiger partial charge < -0.3 is 25.4 Å². The molecule has 0 aliphatic carbocycles.